The van der Waals surface area contributed by atoms with E-state index in [4.69, 9.17) is 4.74 Å². The first kappa shape index (κ1) is 14.5. The molecule has 1 saturated carbocycles. The van der Waals surface area contributed by atoms with Crippen molar-refractivity contribution in [1.82, 2.24) is 20.3 Å². The van der Waals surface area contributed by atoms with Gasteiger partial charge in [0, 0.05) is 13.7 Å². The molecule has 1 atom stereocenters. The minimum absolute atomic E-state index is 0.120. The Morgan fingerprint density at radius 1 is 1.53 bits per heavy atom. The van der Waals surface area contributed by atoms with E-state index in [0.717, 1.165) is 31.1 Å². The molecule has 19 heavy (non-hydrogen) atoms. The number of nitrogens with one attached hydrogen (secondary N) is 1. The third-order valence-electron chi connectivity index (χ3n) is 4.41. The smallest absolute Gasteiger partial charge is 0.0892 e. The third kappa shape index (κ3) is 2.82. The normalized spacial score (nSPS) is 29.4. The summed E-state index contributed by atoms with van der Waals surface area (Å²) in [6, 6.07) is 0.153. The number of hydrogen-bond donors (Lipinski definition) is 1. The van der Waals surface area contributed by atoms with Crippen LogP contribution in [-0.4, -0.2) is 34.2 Å². The molecule has 1 aliphatic carbocycles. The zero-order valence-electron chi connectivity index (χ0n) is 12.5. The topological polar surface area (TPSA) is 52.0 Å². The highest BCUT2D eigenvalue weighted by Gasteiger charge is 2.43. The monoisotopic (exact) mass is 266 g/mol. The number of aryl methyl sites for hydroxylation is 1. The molecule has 108 valence electrons. The highest BCUT2D eigenvalue weighted by atomic mass is 16.5. The van der Waals surface area contributed by atoms with Crippen LogP contribution < -0.4 is 5.32 Å². The van der Waals surface area contributed by atoms with Crippen LogP contribution in [-0.2, 0) is 11.8 Å². The van der Waals surface area contributed by atoms with Crippen molar-refractivity contribution in [3.8, 4) is 0 Å². The van der Waals surface area contributed by atoms with E-state index in [1.807, 2.05) is 25.0 Å². The second-order valence-electron chi connectivity index (χ2n) is 5.68. The van der Waals surface area contributed by atoms with Gasteiger partial charge >= 0.3 is 0 Å². The van der Waals surface area contributed by atoms with Gasteiger partial charge in [-0.15, -0.1) is 5.10 Å². The Bertz CT molecular complexity index is 396. The van der Waals surface area contributed by atoms with E-state index < -0.39 is 0 Å². The molecule has 0 saturated heterocycles. The minimum atomic E-state index is -0.120. The number of nitrogens with zero attached hydrogens (tertiary/aromatic N) is 3. The van der Waals surface area contributed by atoms with Crippen molar-refractivity contribution in [2.24, 2.45) is 13.0 Å². The lowest BCUT2D eigenvalue weighted by Crippen LogP contribution is -2.48. The van der Waals surface area contributed by atoms with Crippen LogP contribution in [0.25, 0.3) is 0 Å². The number of rotatable bonds is 5. The maximum Gasteiger partial charge on any atom is 0.0892 e. The average Bonchev–Trinajstić information content (AvgIpc) is 2.81. The predicted molar refractivity (Wildman–Crippen MR) is 74.8 cm³/mol. The lowest BCUT2D eigenvalue weighted by atomic mass is 9.74. The Hall–Kier alpha value is -0.940. The highest BCUT2D eigenvalue weighted by molar-refractivity contribution is 5.11. The van der Waals surface area contributed by atoms with E-state index in [1.54, 1.807) is 0 Å². The molecule has 1 aliphatic rings. The van der Waals surface area contributed by atoms with E-state index in [-0.39, 0.29) is 11.6 Å². The van der Waals surface area contributed by atoms with Crippen LogP contribution in [0.1, 0.15) is 51.3 Å². The SMILES string of the molecule is CCOC1(C(NC)c2cnnn2C)CCC(C)CC1. The van der Waals surface area contributed by atoms with Crippen LogP contribution in [0, 0.1) is 5.92 Å². The summed E-state index contributed by atoms with van der Waals surface area (Å²) in [7, 11) is 3.94. The van der Waals surface area contributed by atoms with Crippen LogP contribution in [0.2, 0.25) is 0 Å². The lowest BCUT2D eigenvalue weighted by Gasteiger charge is -2.44. The van der Waals surface area contributed by atoms with Gasteiger partial charge in [-0.25, -0.2) is 0 Å². The summed E-state index contributed by atoms with van der Waals surface area (Å²) in [4.78, 5) is 0. The molecule has 0 radical (unpaired) electrons. The molecular weight excluding hydrogens is 240 g/mol. The van der Waals surface area contributed by atoms with E-state index in [1.165, 1.54) is 12.8 Å². The van der Waals surface area contributed by atoms with Crippen molar-refractivity contribution in [1.29, 1.82) is 0 Å². The highest BCUT2D eigenvalue weighted by Crippen LogP contribution is 2.42. The minimum Gasteiger partial charge on any atom is -0.373 e. The van der Waals surface area contributed by atoms with E-state index in [9.17, 15) is 0 Å². The van der Waals surface area contributed by atoms with Crippen molar-refractivity contribution in [2.45, 2.75) is 51.2 Å². The van der Waals surface area contributed by atoms with Crippen LogP contribution >= 0.6 is 0 Å². The summed E-state index contributed by atoms with van der Waals surface area (Å²) >= 11 is 0. The van der Waals surface area contributed by atoms with Gasteiger partial charge in [0.25, 0.3) is 0 Å². The number of aromatic nitrogens is 3. The summed E-state index contributed by atoms with van der Waals surface area (Å²) in [6.07, 6.45) is 6.49. The molecule has 1 N–H and O–H groups in total. The molecule has 0 spiro atoms. The summed E-state index contributed by atoms with van der Waals surface area (Å²) < 4.78 is 8.07. The summed E-state index contributed by atoms with van der Waals surface area (Å²) in [6.45, 7) is 5.15. The molecule has 1 fully saturated rings. The van der Waals surface area contributed by atoms with E-state index in [2.05, 4.69) is 29.5 Å². The maximum atomic E-state index is 6.22. The van der Waals surface area contributed by atoms with E-state index in [0.29, 0.717) is 0 Å². The number of ether oxygens (including phenoxy) is 1. The zero-order chi connectivity index (χ0) is 13.9. The molecule has 1 aromatic heterocycles. The molecule has 0 bridgehead atoms. The molecule has 5 heteroatoms. The van der Waals surface area contributed by atoms with Crippen molar-refractivity contribution in [2.75, 3.05) is 13.7 Å². The van der Waals surface area contributed by atoms with Gasteiger partial charge < -0.3 is 10.1 Å². The Morgan fingerprint density at radius 3 is 2.68 bits per heavy atom. The average molecular weight is 266 g/mol. The van der Waals surface area contributed by atoms with Gasteiger partial charge in [0.15, 0.2) is 0 Å². The van der Waals surface area contributed by atoms with Crippen LogP contribution in [0.3, 0.4) is 0 Å². The van der Waals surface area contributed by atoms with Gasteiger partial charge in [-0.3, -0.25) is 4.68 Å². The van der Waals surface area contributed by atoms with Crippen LogP contribution in [0.15, 0.2) is 6.20 Å². The largest absolute Gasteiger partial charge is 0.373 e. The molecule has 0 aliphatic heterocycles. The quantitative estimate of drug-likeness (QED) is 0.886. The number of hydrogen-bond acceptors (Lipinski definition) is 4. The van der Waals surface area contributed by atoms with Gasteiger partial charge in [0.2, 0.25) is 0 Å². The first-order valence-electron chi connectivity index (χ1n) is 7.28. The first-order chi connectivity index (χ1) is 9.13. The molecule has 1 unspecified atom stereocenters. The van der Waals surface area contributed by atoms with Gasteiger partial charge in [0.05, 0.1) is 23.5 Å². The molecule has 0 aromatic carbocycles. The van der Waals surface area contributed by atoms with Crippen LogP contribution in [0.5, 0.6) is 0 Å². The Morgan fingerprint density at radius 2 is 2.21 bits per heavy atom. The Labute approximate surface area is 115 Å². The molecule has 2 rings (SSSR count). The third-order valence-corrected chi connectivity index (χ3v) is 4.41. The molecule has 1 heterocycles. The van der Waals surface area contributed by atoms with E-state index >= 15 is 0 Å². The standard InChI is InChI=1S/C14H26N4O/c1-5-19-14(8-6-11(2)7-9-14)13(15-3)12-10-16-17-18(12)4/h10-11,13,15H,5-9H2,1-4H3. The second kappa shape index (κ2) is 6.01. The van der Waals surface area contributed by atoms with Crippen LogP contribution in [0.4, 0.5) is 0 Å². The summed E-state index contributed by atoms with van der Waals surface area (Å²) in [5.41, 5.74) is 0.983. The fraction of sp³-hybridized carbons (Fsp3) is 0.857. The zero-order valence-corrected chi connectivity index (χ0v) is 12.5. The van der Waals surface area contributed by atoms with Gasteiger partial charge in [0.1, 0.15) is 0 Å². The summed E-state index contributed by atoms with van der Waals surface area (Å²) in [5, 5.41) is 11.5. The van der Waals surface area contributed by atoms with Gasteiger partial charge in [-0.1, -0.05) is 12.1 Å². The fourth-order valence-electron chi connectivity index (χ4n) is 3.29. The van der Waals surface area contributed by atoms with Gasteiger partial charge in [-0.05, 0) is 45.6 Å². The maximum absolute atomic E-state index is 6.22. The van der Waals surface area contributed by atoms with Crippen molar-refractivity contribution < 1.29 is 4.74 Å². The summed E-state index contributed by atoms with van der Waals surface area (Å²) in [5.74, 6) is 0.802. The van der Waals surface area contributed by atoms with Crippen molar-refractivity contribution >= 4 is 0 Å². The van der Waals surface area contributed by atoms with Crippen molar-refractivity contribution in [3.05, 3.63) is 11.9 Å². The predicted octanol–water partition coefficient (Wildman–Crippen LogP) is 2.06. The second-order valence-corrected chi connectivity index (χ2v) is 5.68. The van der Waals surface area contributed by atoms with Gasteiger partial charge in [-0.2, -0.15) is 0 Å². The molecule has 1 aromatic rings. The molecule has 0 amide bonds. The number of likely N-dealkylation sites (N-methyl/N-ethyl adjacent to an activating group) is 1. The molecule has 5 nitrogen and oxygen atoms in total. The Balaban J connectivity index is 2.28. The Kier molecular flexibility index (Phi) is 4.58. The first-order valence-corrected chi connectivity index (χ1v) is 7.28. The fourth-order valence-corrected chi connectivity index (χ4v) is 3.29. The lowest BCUT2D eigenvalue weighted by molar-refractivity contribution is -0.0976. The van der Waals surface area contributed by atoms with Crippen molar-refractivity contribution in [3.63, 3.8) is 0 Å². The molecular formula is C14H26N4O.